The van der Waals surface area contributed by atoms with E-state index in [0.717, 1.165) is 5.56 Å². The molecule has 0 aliphatic carbocycles. The molecule has 0 spiro atoms. The first-order valence-corrected chi connectivity index (χ1v) is 9.16. The molecule has 0 aliphatic rings. The Morgan fingerprint density at radius 3 is 2.29 bits per heavy atom. The summed E-state index contributed by atoms with van der Waals surface area (Å²) >= 11 is 0. The van der Waals surface area contributed by atoms with Gasteiger partial charge in [-0.05, 0) is 36.2 Å². The molecule has 0 amide bonds. The van der Waals surface area contributed by atoms with Gasteiger partial charge in [-0.3, -0.25) is 0 Å². The van der Waals surface area contributed by atoms with Crippen LogP contribution >= 0.6 is 0 Å². The zero-order valence-electron chi connectivity index (χ0n) is 13.2. The highest BCUT2D eigenvalue weighted by atomic mass is 32.2. The number of aliphatic hydroxyl groups excluding tert-OH is 2. The molecule has 7 heteroatoms. The highest BCUT2D eigenvalue weighted by Crippen LogP contribution is 2.14. The number of sulfonamides is 1. The first-order chi connectivity index (χ1) is 11.5. The molecule has 0 aromatic heterocycles. The van der Waals surface area contributed by atoms with Gasteiger partial charge in [-0.15, -0.1) is 0 Å². The van der Waals surface area contributed by atoms with Crippen LogP contribution in [0.4, 0.5) is 5.69 Å². The lowest BCUT2D eigenvalue weighted by molar-refractivity contribution is 0.105. The molecule has 24 heavy (non-hydrogen) atoms. The van der Waals surface area contributed by atoms with Crippen molar-refractivity contribution in [2.75, 3.05) is 25.0 Å². The summed E-state index contributed by atoms with van der Waals surface area (Å²) in [6, 6.07) is 15.9. The molecule has 0 bridgehead atoms. The second-order valence-corrected chi connectivity index (χ2v) is 7.14. The van der Waals surface area contributed by atoms with Crippen LogP contribution in [0.2, 0.25) is 0 Å². The molecule has 6 nitrogen and oxygen atoms in total. The molecule has 1 unspecified atom stereocenters. The summed E-state index contributed by atoms with van der Waals surface area (Å²) in [5.41, 5.74) is 1.74. The van der Waals surface area contributed by atoms with Gasteiger partial charge in [-0.25, -0.2) is 13.1 Å². The number of rotatable bonds is 9. The smallest absolute Gasteiger partial charge is 0.240 e. The quantitative estimate of drug-likeness (QED) is 0.540. The Morgan fingerprint density at radius 2 is 1.67 bits per heavy atom. The van der Waals surface area contributed by atoms with Crippen molar-refractivity contribution < 1.29 is 18.6 Å². The molecule has 2 aromatic rings. The predicted molar refractivity (Wildman–Crippen MR) is 93.4 cm³/mol. The van der Waals surface area contributed by atoms with Gasteiger partial charge in [0.2, 0.25) is 10.0 Å². The fraction of sp³-hybridized carbons (Fsp3) is 0.294. The lowest BCUT2D eigenvalue weighted by atomic mass is 10.2. The second-order valence-electron chi connectivity index (χ2n) is 5.38. The SMILES string of the molecule is O=S(=O)(NCCc1ccccc1)c1ccc(NCC(O)CO)cc1. The summed E-state index contributed by atoms with van der Waals surface area (Å²) in [4.78, 5) is 0.184. The Balaban J connectivity index is 1.89. The monoisotopic (exact) mass is 350 g/mol. The number of hydrogen-bond donors (Lipinski definition) is 4. The molecule has 0 heterocycles. The summed E-state index contributed by atoms with van der Waals surface area (Å²) in [6.45, 7) is 0.192. The highest BCUT2D eigenvalue weighted by molar-refractivity contribution is 7.89. The van der Waals surface area contributed by atoms with E-state index in [1.807, 2.05) is 30.3 Å². The lowest BCUT2D eigenvalue weighted by Crippen LogP contribution is -2.26. The van der Waals surface area contributed by atoms with Crippen molar-refractivity contribution in [3.63, 3.8) is 0 Å². The summed E-state index contributed by atoms with van der Waals surface area (Å²) < 4.78 is 27.1. The van der Waals surface area contributed by atoms with E-state index in [-0.39, 0.29) is 18.0 Å². The van der Waals surface area contributed by atoms with Crippen LogP contribution in [0.15, 0.2) is 59.5 Å². The molecule has 0 radical (unpaired) electrons. The normalized spacial score (nSPS) is 12.8. The highest BCUT2D eigenvalue weighted by Gasteiger charge is 2.13. The third kappa shape index (κ3) is 5.61. The van der Waals surface area contributed by atoms with E-state index in [2.05, 4.69) is 10.0 Å². The van der Waals surface area contributed by atoms with Crippen molar-refractivity contribution in [3.05, 3.63) is 60.2 Å². The van der Waals surface area contributed by atoms with E-state index in [4.69, 9.17) is 5.11 Å². The molecule has 2 rings (SSSR count). The number of anilines is 1. The van der Waals surface area contributed by atoms with Gasteiger partial charge in [0.1, 0.15) is 0 Å². The van der Waals surface area contributed by atoms with E-state index in [9.17, 15) is 13.5 Å². The van der Waals surface area contributed by atoms with E-state index in [0.29, 0.717) is 18.7 Å². The van der Waals surface area contributed by atoms with Gasteiger partial charge in [-0.1, -0.05) is 30.3 Å². The molecule has 0 saturated heterocycles. The van der Waals surface area contributed by atoms with Gasteiger partial charge in [0.15, 0.2) is 0 Å². The van der Waals surface area contributed by atoms with Gasteiger partial charge in [-0.2, -0.15) is 0 Å². The van der Waals surface area contributed by atoms with Crippen molar-refractivity contribution in [1.29, 1.82) is 0 Å². The third-order valence-electron chi connectivity index (χ3n) is 3.47. The predicted octanol–water partition coefficient (Wildman–Crippen LogP) is 0.973. The standard InChI is InChI=1S/C17H22N2O4S/c20-13-16(21)12-18-15-6-8-17(9-7-15)24(22,23)19-11-10-14-4-2-1-3-5-14/h1-9,16,18-21H,10-13H2. The Bertz CT molecular complexity index is 718. The lowest BCUT2D eigenvalue weighted by Gasteiger charge is -2.11. The fourth-order valence-electron chi connectivity index (χ4n) is 2.11. The largest absolute Gasteiger partial charge is 0.394 e. The fourth-order valence-corrected chi connectivity index (χ4v) is 3.14. The maximum atomic E-state index is 12.2. The number of benzene rings is 2. The molecule has 0 fully saturated rings. The summed E-state index contributed by atoms with van der Waals surface area (Å²) in [7, 11) is -3.55. The van der Waals surface area contributed by atoms with Crippen LogP contribution < -0.4 is 10.0 Å². The van der Waals surface area contributed by atoms with Crippen molar-refractivity contribution in [1.82, 2.24) is 4.72 Å². The molecule has 0 aliphatic heterocycles. The molecule has 4 N–H and O–H groups in total. The van der Waals surface area contributed by atoms with Crippen molar-refractivity contribution in [2.45, 2.75) is 17.4 Å². The molecular weight excluding hydrogens is 328 g/mol. The number of hydrogen-bond acceptors (Lipinski definition) is 5. The van der Waals surface area contributed by atoms with Gasteiger partial charge >= 0.3 is 0 Å². The van der Waals surface area contributed by atoms with Crippen LogP contribution in [0, 0.1) is 0 Å². The average Bonchev–Trinajstić information content (AvgIpc) is 2.60. The van der Waals surface area contributed by atoms with Gasteiger partial charge in [0.05, 0.1) is 17.6 Å². The summed E-state index contributed by atoms with van der Waals surface area (Å²) in [6.07, 6.45) is -0.230. The summed E-state index contributed by atoms with van der Waals surface area (Å²) in [5.74, 6) is 0. The first-order valence-electron chi connectivity index (χ1n) is 7.68. The van der Waals surface area contributed by atoms with Gasteiger partial charge in [0, 0.05) is 18.8 Å². The third-order valence-corrected chi connectivity index (χ3v) is 4.94. The van der Waals surface area contributed by atoms with E-state index < -0.39 is 16.1 Å². The first kappa shape index (κ1) is 18.4. The van der Waals surface area contributed by atoms with Crippen LogP contribution in [0.1, 0.15) is 5.56 Å². The van der Waals surface area contributed by atoms with Crippen molar-refractivity contribution in [3.8, 4) is 0 Å². The van der Waals surface area contributed by atoms with E-state index >= 15 is 0 Å². The topological polar surface area (TPSA) is 98.7 Å². The molecule has 1 atom stereocenters. The van der Waals surface area contributed by atoms with Crippen molar-refractivity contribution in [2.24, 2.45) is 0 Å². The maximum Gasteiger partial charge on any atom is 0.240 e. The minimum Gasteiger partial charge on any atom is -0.394 e. The Hall–Kier alpha value is -1.93. The van der Waals surface area contributed by atoms with Crippen molar-refractivity contribution >= 4 is 15.7 Å². The number of aliphatic hydroxyl groups is 2. The zero-order valence-corrected chi connectivity index (χ0v) is 14.0. The average molecular weight is 350 g/mol. The van der Waals surface area contributed by atoms with Crippen LogP contribution in [-0.4, -0.2) is 44.4 Å². The molecule has 2 aromatic carbocycles. The van der Waals surface area contributed by atoms with Gasteiger partial charge in [0.25, 0.3) is 0 Å². The maximum absolute atomic E-state index is 12.2. The van der Waals surface area contributed by atoms with Crippen LogP contribution in [0.5, 0.6) is 0 Å². The van der Waals surface area contributed by atoms with Crippen LogP contribution in [0.25, 0.3) is 0 Å². The van der Waals surface area contributed by atoms with E-state index in [1.54, 1.807) is 12.1 Å². The molecule has 130 valence electrons. The van der Waals surface area contributed by atoms with Crippen LogP contribution in [0.3, 0.4) is 0 Å². The Kier molecular flexibility index (Phi) is 6.74. The minimum absolute atomic E-state index is 0.184. The Morgan fingerprint density at radius 1 is 1.00 bits per heavy atom. The zero-order chi connectivity index (χ0) is 17.4. The molecule has 0 saturated carbocycles. The van der Waals surface area contributed by atoms with Gasteiger partial charge < -0.3 is 15.5 Å². The second kappa shape index (κ2) is 8.79. The molecular formula is C17H22N2O4S. The number of nitrogens with one attached hydrogen (secondary N) is 2. The van der Waals surface area contributed by atoms with E-state index in [1.165, 1.54) is 12.1 Å². The Labute approximate surface area is 142 Å². The minimum atomic E-state index is -3.55. The summed E-state index contributed by atoms with van der Waals surface area (Å²) in [5, 5.41) is 20.9. The van der Waals surface area contributed by atoms with Crippen LogP contribution in [-0.2, 0) is 16.4 Å².